The Balaban J connectivity index is 1.46. The summed E-state index contributed by atoms with van der Waals surface area (Å²) in [6, 6.07) is 27.7. The fourth-order valence-electron chi connectivity index (χ4n) is 5.05. The van der Waals surface area contributed by atoms with Gasteiger partial charge >= 0.3 is 0 Å². The van der Waals surface area contributed by atoms with E-state index in [1.54, 1.807) is 4.68 Å². The molecule has 1 heterocycles. The zero-order valence-corrected chi connectivity index (χ0v) is 17.4. The molecule has 4 nitrogen and oxygen atoms in total. The minimum absolute atomic E-state index is 0.00721. The highest BCUT2D eigenvalue weighted by atomic mass is 16.1. The smallest absolute Gasteiger partial charge is 0.274 e. The van der Waals surface area contributed by atoms with Crippen molar-refractivity contribution in [2.24, 2.45) is 0 Å². The molecule has 2 aliphatic rings. The first-order valence-corrected chi connectivity index (χ1v) is 11.2. The quantitative estimate of drug-likeness (QED) is 0.458. The molecule has 0 aliphatic heterocycles. The van der Waals surface area contributed by atoms with E-state index < -0.39 is 0 Å². The summed E-state index contributed by atoms with van der Waals surface area (Å²) < 4.78 is 1.70. The van der Waals surface area contributed by atoms with Crippen LogP contribution in [-0.2, 0) is 13.1 Å². The molecule has 0 saturated heterocycles. The summed E-state index contributed by atoms with van der Waals surface area (Å²) in [6.45, 7) is 0.535. The molecule has 1 unspecified atom stereocenters. The van der Waals surface area contributed by atoms with Gasteiger partial charge in [0.05, 0.1) is 17.7 Å². The van der Waals surface area contributed by atoms with Crippen LogP contribution in [0.25, 0.3) is 22.0 Å². The molecule has 0 bridgehead atoms. The van der Waals surface area contributed by atoms with E-state index in [0.717, 1.165) is 34.9 Å². The van der Waals surface area contributed by atoms with Crippen molar-refractivity contribution in [1.29, 1.82) is 0 Å². The van der Waals surface area contributed by atoms with E-state index in [1.807, 2.05) is 42.5 Å². The van der Waals surface area contributed by atoms with Crippen LogP contribution in [0.3, 0.4) is 0 Å². The van der Waals surface area contributed by atoms with Crippen LogP contribution in [-0.4, -0.2) is 20.7 Å². The van der Waals surface area contributed by atoms with Gasteiger partial charge in [-0.1, -0.05) is 72.8 Å². The van der Waals surface area contributed by atoms with Gasteiger partial charge in [0.1, 0.15) is 0 Å². The van der Waals surface area contributed by atoms with E-state index >= 15 is 0 Å². The van der Waals surface area contributed by atoms with Gasteiger partial charge in [0.2, 0.25) is 0 Å². The number of benzene rings is 3. The zero-order chi connectivity index (χ0) is 20.8. The standard InChI is InChI=1S/C27H25N3O/c31-27-24-13-7-6-12-23(24)26(20-9-2-1-3-10-20)28-30(27)18-29(21-15-16-21)25-17-14-19-8-4-5-11-22(19)25/h1-13,21,25H,14-18H2. The first kappa shape index (κ1) is 18.5. The van der Waals surface area contributed by atoms with Crippen molar-refractivity contribution in [3.8, 4) is 11.3 Å². The highest BCUT2D eigenvalue weighted by Crippen LogP contribution is 2.42. The van der Waals surface area contributed by atoms with Crippen molar-refractivity contribution in [2.45, 2.75) is 44.4 Å². The van der Waals surface area contributed by atoms with Gasteiger partial charge < -0.3 is 0 Å². The maximum atomic E-state index is 13.4. The molecule has 1 saturated carbocycles. The predicted molar refractivity (Wildman–Crippen MR) is 124 cm³/mol. The maximum absolute atomic E-state index is 13.4. The summed E-state index contributed by atoms with van der Waals surface area (Å²) >= 11 is 0. The Hall–Kier alpha value is -3.24. The number of nitrogens with zero attached hydrogens (tertiary/aromatic N) is 3. The van der Waals surface area contributed by atoms with Crippen LogP contribution in [0.4, 0.5) is 0 Å². The highest BCUT2D eigenvalue weighted by Gasteiger charge is 2.38. The van der Waals surface area contributed by atoms with Crippen LogP contribution in [0.15, 0.2) is 83.7 Å². The van der Waals surface area contributed by atoms with Gasteiger partial charge in [0.15, 0.2) is 0 Å². The van der Waals surface area contributed by atoms with Crippen molar-refractivity contribution in [3.05, 3.63) is 100 Å². The SMILES string of the molecule is O=c1c2ccccc2c(-c2ccccc2)nn1CN(C1CC1)C1CCc2ccccc21. The molecule has 0 spiro atoms. The number of hydrogen-bond acceptors (Lipinski definition) is 3. The largest absolute Gasteiger partial charge is 0.275 e. The lowest BCUT2D eigenvalue weighted by molar-refractivity contribution is 0.130. The molecular formula is C27H25N3O. The number of hydrogen-bond donors (Lipinski definition) is 0. The molecule has 1 aromatic heterocycles. The van der Waals surface area contributed by atoms with Crippen LogP contribution >= 0.6 is 0 Å². The monoisotopic (exact) mass is 407 g/mol. The summed E-state index contributed by atoms with van der Waals surface area (Å²) in [5.41, 5.74) is 4.77. The number of aryl methyl sites for hydroxylation is 1. The topological polar surface area (TPSA) is 38.1 Å². The van der Waals surface area contributed by atoms with Crippen LogP contribution < -0.4 is 5.56 Å². The molecule has 1 atom stereocenters. The van der Waals surface area contributed by atoms with Crippen LogP contribution in [0, 0.1) is 0 Å². The molecule has 154 valence electrons. The lowest BCUT2D eigenvalue weighted by atomic mass is 10.1. The zero-order valence-electron chi connectivity index (χ0n) is 17.4. The summed E-state index contributed by atoms with van der Waals surface area (Å²) in [5, 5.41) is 6.56. The molecule has 1 fully saturated rings. The average Bonchev–Trinajstić information content (AvgIpc) is 3.58. The molecule has 0 amide bonds. The molecule has 0 radical (unpaired) electrons. The van der Waals surface area contributed by atoms with Gasteiger partial charge in [0, 0.05) is 23.0 Å². The van der Waals surface area contributed by atoms with Crippen molar-refractivity contribution in [3.63, 3.8) is 0 Å². The van der Waals surface area contributed by atoms with E-state index in [-0.39, 0.29) is 5.56 Å². The summed E-state index contributed by atoms with van der Waals surface area (Å²) in [6.07, 6.45) is 4.63. The third-order valence-corrected chi connectivity index (χ3v) is 6.73. The van der Waals surface area contributed by atoms with Gasteiger partial charge in [0.25, 0.3) is 5.56 Å². The van der Waals surface area contributed by atoms with Crippen LogP contribution in [0.1, 0.15) is 36.4 Å². The molecule has 0 N–H and O–H groups in total. The van der Waals surface area contributed by atoms with Gasteiger partial charge in [-0.25, -0.2) is 4.68 Å². The summed E-state index contributed by atoms with van der Waals surface area (Å²) in [4.78, 5) is 15.9. The molecule has 6 rings (SSSR count). The summed E-state index contributed by atoms with van der Waals surface area (Å²) in [5.74, 6) is 0. The molecular weight excluding hydrogens is 382 g/mol. The van der Waals surface area contributed by atoms with E-state index in [1.165, 1.54) is 24.0 Å². The van der Waals surface area contributed by atoms with E-state index in [0.29, 0.717) is 18.8 Å². The number of rotatable bonds is 5. The van der Waals surface area contributed by atoms with E-state index in [9.17, 15) is 4.79 Å². The summed E-state index contributed by atoms with van der Waals surface area (Å²) in [7, 11) is 0. The average molecular weight is 408 g/mol. The fraction of sp³-hybridized carbons (Fsp3) is 0.259. The molecule has 4 aromatic rings. The normalized spacial score (nSPS) is 17.9. The molecule has 3 aromatic carbocycles. The molecule has 4 heteroatoms. The first-order chi connectivity index (χ1) is 15.3. The maximum Gasteiger partial charge on any atom is 0.275 e. The van der Waals surface area contributed by atoms with Gasteiger partial charge in [-0.3, -0.25) is 9.69 Å². The van der Waals surface area contributed by atoms with Crippen molar-refractivity contribution in [2.75, 3.05) is 0 Å². The van der Waals surface area contributed by atoms with Crippen molar-refractivity contribution in [1.82, 2.24) is 14.7 Å². The molecule has 2 aliphatic carbocycles. The first-order valence-electron chi connectivity index (χ1n) is 11.2. The van der Waals surface area contributed by atoms with Crippen LogP contribution in [0.5, 0.6) is 0 Å². The Morgan fingerprint density at radius 1 is 0.839 bits per heavy atom. The Morgan fingerprint density at radius 3 is 2.35 bits per heavy atom. The fourth-order valence-corrected chi connectivity index (χ4v) is 5.05. The lowest BCUT2D eigenvalue weighted by Crippen LogP contribution is -2.37. The molecule has 31 heavy (non-hydrogen) atoms. The minimum Gasteiger partial charge on any atom is -0.274 e. The second-order valence-corrected chi connectivity index (χ2v) is 8.71. The van der Waals surface area contributed by atoms with Gasteiger partial charge in [-0.05, 0) is 42.9 Å². The highest BCUT2D eigenvalue weighted by molar-refractivity contribution is 5.93. The van der Waals surface area contributed by atoms with Crippen molar-refractivity contribution >= 4 is 10.8 Å². The Labute approximate surface area is 181 Å². The van der Waals surface area contributed by atoms with Crippen molar-refractivity contribution < 1.29 is 0 Å². The van der Waals surface area contributed by atoms with E-state index in [4.69, 9.17) is 5.10 Å². The van der Waals surface area contributed by atoms with Gasteiger partial charge in [-0.15, -0.1) is 0 Å². The van der Waals surface area contributed by atoms with Crippen LogP contribution in [0.2, 0.25) is 0 Å². The Bertz CT molecular complexity index is 1310. The van der Waals surface area contributed by atoms with E-state index in [2.05, 4.69) is 41.3 Å². The number of aromatic nitrogens is 2. The Kier molecular flexibility index (Phi) is 4.46. The third kappa shape index (κ3) is 3.28. The van der Waals surface area contributed by atoms with Gasteiger partial charge in [-0.2, -0.15) is 5.10 Å². The second kappa shape index (κ2) is 7.47. The minimum atomic E-state index is -0.00721. The second-order valence-electron chi connectivity index (χ2n) is 8.71. The third-order valence-electron chi connectivity index (χ3n) is 6.73. The Morgan fingerprint density at radius 2 is 1.55 bits per heavy atom. The predicted octanol–water partition coefficient (Wildman–Crippen LogP) is 5.17. The number of fused-ring (bicyclic) bond motifs is 2. The lowest BCUT2D eigenvalue weighted by Gasteiger charge is -2.30.